The number of hydrogen-bond donors (Lipinski definition) is 1. The molecule has 1 saturated carbocycles. The fraction of sp³-hybridized carbons (Fsp3) is 0.526. The molecule has 0 heterocycles. The van der Waals surface area contributed by atoms with Crippen LogP contribution in [0, 0.1) is 23.2 Å². The van der Waals surface area contributed by atoms with Crippen molar-refractivity contribution in [3.63, 3.8) is 0 Å². The number of aliphatic carboxylic acids is 1. The van der Waals surface area contributed by atoms with E-state index in [1.54, 1.807) is 0 Å². The Morgan fingerprint density at radius 2 is 2.29 bits per heavy atom. The first kappa shape index (κ1) is 15.8. The van der Waals surface area contributed by atoms with Gasteiger partial charge in [0.15, 0.2) is 0 Å². The van der Waals surface area contributed by atoms with Crippen LogP contribution in [0.5, 0.6) is 0 Å². The number of allylic oxidation sites excluding steroid dienone is 6. The molecule has 1 N–H and O–H groups in total. The van der Waals surface area contributed by atoms with Gasteiger partial charge in [0.1, 0.15) is 0 Å². The first-order valence-electron chi connectivity index (χ1n) is 7.79. The molecule has 2 heteroatoms. The Hall–Kier alpha value is -1.57. The van der Waals surface area contributed by atoms with E-state index in [0.29, 0.717) is 5.92 Å². The molecule has 114 valence electrons. The molecule has 0 aliphatic heterocycles. The Bertz CT molecular complexity index is 512. The molecule has 0 radical (unpaired) electrons. The Kier molecular flexibility index (Phi) is 4.55. The molecular weight excluding hydrogens is 260 g/mol. The molecule has 0 bridgehead atoms. The molecule has 21 heavy (non-hydrogen) atoms. The van der Waals surface area contributed by atoms with Crippen molar-refractivity contribution in [1.82, 2.24) is 0 Å². The SMILES string of the molecule is C=CC(C)=CCC1C(=C)C=CC2C(C(=O)O)CCCC12C. The molecular formula is C19H26O2. The average molecular weight is 286 g/mol. The first-order chi connectivity index (χ1) is 9.90. The summed E-state index contributed by atoms with van der Waals surface area (Å²) in [7, 11) is 0. The topological polar surface area (TPSA) is 37.3 Å². The molecule has 0 aromatic heterocycles. The maximum absolute atomic E-state index is 11.6. The van der Waals surface area contributed by atoms with Gasteiger partial charge in [0, 0.05) is 0 Å². The first-order valence-corrected chi connectivity index (χ1v) is 7.79. The van der Waals surface area contributed by atoms with Gasteiger partial charge in [-0.1, -0.05) is 62.0 Å². The standard InChI is InChI=1S/C19H26O2/c1-5-13(2)8-10-16-14(3)9-11-17-15(18(20)21)7-6-12-19(16,17)4/h5,8-9,11,15-17H,1,3,6-7,10,12H2,2,4H3,(H,20,21). The molecule has 0 aromatic rings. The Morgan fingerprint density at radius 3 is 2.90 bits per heavy atom. The van der Waals surface area contributed by atoms with Crippen molar-refractivity contribution < 1.29 is 9.90 Å². The van der Waals surface area contributed by atoms with Crippen molar-refractivity contribution in [2.24, 2.45) is 23.2 Å². The van der Waals surface area contributed by atoms with Gasteiger partial charge in [0.05, 0.1) is 5.92 Å². The number of fused-ring (bicyclic) bond motifs is 1. The Balaban J connectivity index is 2.33. The molecule has 4 atom stereocenters. The van der Waals surface area contributed by atoms with E-state index in [4.69, 9.17) is 0 Å². The van der Waals surface area contributed by atoms with Crippen LogP contribution in [-0.4, -0.2) is 11.1 Å². The molecule has 0 saturated heterocycles. The summed E-state index contributed by atoms with van der Waals surface area (Å²) in [5.41, 5.74) is 2.31. The van der Waals surface area contributed by atoms with E-state index in [-0.39, 0.29) is 17.3 Å². The minimum Gasteiger partial charge on any atom is -0.481 e. The zero-order chi connectivity index (χ0) is 15.6. The van der Waals surface area contributed by atoms with Crippen LogP contribution in [0.1, 0.15) is 39.5 Å². The van der Waals surface area contributed by atoms with E-state index in [1.165, 1.54) is 5.57 Å². The zero-order valence-corrected chi connectivity index (χ0v) is 13.1. The third-order valence-corrected chi connectivity index (χ3v) is 5.50. The fourth-order valence-corrected chi connectivity index (χ4v) is 4.12. The van der Waals surface area contributed by atoms with Crippen LogP contribution in [0.3, 0.4) is 0 Å². The third kappa shape index (κ3) is 2.90. The van der Waals surface area contributed by atoms with Gasteiger partial charge in [-0.3, -0.25) is 4.79 Å². The summed E-state index contributed by atoms with van der Waals surface area (Å²) < 4.78 is 0. The second-order valence-electron chi connectivity index (χ2n) is 6.74. The summed E-state index contributed by atoms with van der Waals surface area (Å²) in [6.07, 6.45) is 12.0. The Morgan fingerprint density at radius 1 is 1.57 bits per heavy atom. The van der Waals surface area contributed by atoms with Crippen molar-refractivity contribution in [2.45, 2.75) is 39.5 Å². The van der Waals surface area contributed by atoms with Crippen molar-refractivity contribution in [1.29, 1.82) is 0 Å². The quantitative estimate of drug-likeness (QED) is 0.757. The maximum Gasteiger partial charge on any atom is 0.307 e. The minimum atomic E-state index is -0.653. The highest BCUT2D eigenvalue weighted by atomic mass is 16.4. The number of hydrogen-bond acceptors (Lipinski definition) is 1. The van der Waals surface area contributed by atoms with Gasteiger partial charge in [-0.25, -0.2) is 0 Å². The molecule has 2 rings (SSSR count). The highest BCUT2D eigenvalue weighted by Gasteiger charge is 2.49. The van der Waals surface area contributed by atoms with Crippen LogP contribution in [0.25, 0.3) is 0 Å². The van der Waals surface area contributed by atoms with E-state index in [9.17, 15) is 9.90 Å². The molecule has 1 fully saturated rings. The predicted molar refractivity (Wildman–Crippen MR) is 86.9 cm³/mol. The third-order valence-electron chi connectivity index (χ3n) is 5.50. The lowest BCUT2D eigenvalue weighted by atomic mass is 9.53. The minimum absolute atomic E-state index is 0.00505. The summed E-state index contributed by atoms with van der Waals surface area (Å²) in [6, 6.07) is 0. The summed E-state index contributed by atoms with van der Waals surface area (Å²) in [6.45, 7) is 12.3. The van der Waals surface area contributed by atoms with Gasteiger partial charge in [-0.15, -0.1) is 0 Å². The summed E-state index contributed by atoms with van der Waals surface area (Å²) >= 11 is 0. The lowest BCUT2D eigenvalue weighted by Gasteiger charge is -2.51. The van der Waals surface area contributed by atoms with Crippen LogP contribution in [-0.2, 0) is 4.79 Å². The number of rotatable bonds is 4. The second kappa shape index (κ2) is 6.05. The number of carboxylic acids is 1. The van der Waals surface area contributed by atoms with E-state index < -0.39 is 5.97 Å². The molecule has 0 amide bonds. The lowest BCUT2D eigenvalue weighted by Crippen LogP contribution is -2.46. The molecule has 0 spiro atoms. The van der Waals surface area contributed by atoms with Crippen molar-refractivity contribution in [2.75, 3.05) is 0 Å². The summed E-state index contributed by atoms with van der Waals surface area (Å²) in [5.74, 6) is -0.457. The smallest absolute Gasteiger partial charge is 0.307 e. The largest absolute Gasteiger partial charge is 0.481 e. The van der Waals surface area contributed by atoms with Crippen molar-refractivity contribution in [3.05, 3.63) is 48.6 Å². The van der Waals surface area contributed by atoms with Crippen LogP contribution < -0.4 is 0 Å². The molecule has 0 aromatic carbocycles. The molecule has 2 aliphatic carbocycles. The molecule has 2 aliphatic rings. The fourth-order valence-electron chi connectivity index (χ4n) is 4.12. The van der Waals surface area contributed by atoms with Gasteiger partial charge >= 0.3 is 5.97 Å². The molecule has 4 unspecified atom stereocenters. The highest BCUT2D eigenvalue weighted by molar-refractivity contribution is 5.71. The van der Waals surface area contributed by atoms with Crippen LogP contribution in [0.2, 0.25) is 0 Å². The maximum atomic E-state index is 11.6. The normalized spacial score (nSPS) is 36.2. The van der Waals surface area contributed by atoms with E-state index >= 15 is 0 Å². The van der Waals surface area contributed by atoms with Crippen LogP contribution in [0.15, 0.2) is 48.6 Å². The van der Waals surface area contributed by atoms with E-state index in [0.717, 1.165) is 31.3 Å². The van der Waals surface area contributed by atoms with Gasteiger partial charge in [0.25, 0.3) is 0 Å². The van der Waals surface area contributed by atoms with Crippen LogP contribution in [0.4, 0.5) is 0 Å². The van der Waals surface area contributed by atoms with E-state index in [1.807, 2.05) is 6.08 Å². The average Bonchev–Trinajstić information content (AvgIpc) is 2.44. The van der Waals surface area contributed by atoms with E-state index in [2.05, 4.69) is 45.2 Å². The zero-order valence-electron chi connectivity index (χ0n) is 13.1. The number of carboxylic acid groups (broad SMARTS) is 1. The lowest BCUT2D eigenvalue weighted by molar-refractivity contribution is -0.147. The van der Waals surface area contributed by atoms with Crippen molar-refractivity contribution in [3.8, 4) is 0 Å². The Labute approximate surface area is 127 Å². The second-order valence-corrected chi connectivity index (χ2v) is 6.74. The van der Waals surface area contributed by atoms with Gasteiger partial charge < -0.3 is 5.11 Å². The summed E-state index contributed by atoms with van der Waals surface area (Å²) in [4.78, 5) is 11.6. The van der Waals surface area contributed by atoms with Gasteiger partial charge in [-0.05, 0) is 43.4 Å². The predicted octanol–water partition coefficient (Wildman–Crippen LogP) is 4.76. The van der Waals surface area contributed by atoms with Gasteiger partial charge in [0.2, 0.25) is 0 Å². The monoisotopic (exact) mass is 286 g/mol. The molecule has 2 nitrogen and oxygen atoms in total. The summed E-state index contributed by atoms with van der Waals surface area (Å²) in [5, 5.41) is 9.52. The number of carbonyl (C=O) groups is 1. The highest BCUT2D eigenvalue weighted by Crippen LogP contribution is 2.55. The van der Waals surface area contributed by atoms with Gasteiger partial charge in [-0.2, -0.15) is 0 Å². The van der Waals surface area contributed by atoms with Crippen molar-refractivity contribution >= 4 is 5.97 Å². The van der Waals surface area contributed by atoms with Crippen LogP contribution >= 0.6 is 0 Å².